The first-order chi connectivity index (χ1) is 15.6. The molecule has 32 heavy (non-hydrogen) atoms. The summed E-state index contributed by atoms with van der Waals surface area (Å²) in [4.78, 5) is 23.6. The lowest BCUT2D eigenvalue weighted by Crippen LogP contribution is -2.31. The zero-order chi connectivity index (χ0) is 22.3. The average Bonchev–Trinajstić information content (AvgIpc) is 3.24. The second kappa shape index (κ2) is 10.2. The zero-order valence-corrected chi connectivity index (χ0v) is 18.5. The molecule has 7 heteroatoms. The van der Waals surface area contributed by atoms with Gasteiger partial charge in [-0.1, -0.05) is 12.1 Å². The molecule has 1 unspecified atom stereocenters. The number of hydrogen-bond acceptors (Lipinski definition) is 6. The fraction of sp³-hybridized carbons (Fsp3) is 0.320. The molecule has 0 radical (unpaired) electrons. The largest absolute Gasteiger partial charge is 0.497 e. The molecule has 2 aromatic carbocycles. The Balaban J connectivity index is 1.29. The number of aromatic nitrogens is 2. The monoisotopic (exact) mass is 431 g/mol. The molecule has 1 amide bonds. The van der Waals surface area contributed by atoms with Crippen LogP contribution in [-0.4, -0.2) is 54.1 Å². The molecule has 1 saturated heterocycles. The molecule has 3 aromatic rings. The minimum Gasteiger partial charge on any atom is -0.497 e. The maximum Gasteiger partial charge on any atom is 0.251 e. The van der Waals surface area contributed by atoms with Gasteiger partial charge >= 0.3 is 0 Å². The maximum atomic E-state index is 12.4. The van der Waals surface area contributed by atoms with Crippen molar-refractivity contribution >= 4 is 17.5 Å². The molecule has 7 nitrogen and oxygen atoms in total. The van der Waals surface area contributed by atoms with Crippen molar-refractivity contribution in [2.45, 2.75) is 25.3 Å². The molecule has 1 atom stereocenters. The van der Waals surface area contributed by atoms with Crippen LogP contribution in [0.2, 0.25) is 0 Å². The Morgan fingerprint density at radius 1 is 1.06 bits per heavy atom. The SMILES string of the molecule is COc1ccc(-c2cnc(Nc3ccc(C(=O)NCCC4CCCN4C)cc3)nc2)cc1. The van der Waals surface area contributed by atoms with Gasteiger partial charge in [-0.3, -0.25) is 4.79 Å². The fourth-order valence-corrected chi connectivity index (χ4v) is 3.96. The Hall–Kier alpha value is -3.45. The minimum atomic E-state index is -0.0442. The summed E-state index contributed by atoms with van der Waals surface area (Å²) in [5.41, 5.74) is 3.42. The number of nitrogens with zero attached hydrogens (tertiary/aromatic N) is 3. The van der Waals surface area contributed by atoms with Crippen LogP contribution in [-0.2, 0) is 0 Å². The number of hydrogen-bond donors (Lipinski definition) is 2. The molecule has 2 heterocycles. The van der Waals surface area contributed by atoms with E-state index in [4.69, 9.17) is 4.74 Å². The van der Waals surface area contributed by atoms with Crippen LogP contribution in [0.4, 0.5) is 11.6 Å². The van der Waals surface area contributed by atoms with Crippen LogP contribution < -0.4 is 15.4 Å². The molecular weight excluding hydrogens is 402 g/mol. The van der Waals surface area contributed by atoms with Gasteiger partial charge in [0.15, 0.2) is 0 Å². The first-order valence-corrected chi connectivity index (χ1v) is 10.9. The Labute approximate surface area is 188 Å². The van der Waals surface area contributed by atoms with Crippen LogP contribution in [0.1, 0.15) is 29.6 Å². The molecule has 166 valence electrons. The number of methoxy groups -OCH3 is 1. The Morgan fingerprint density at radius 2 is 1.78 bits per heavy atom. The number of nitrogens with one attached hydrogen (secondary N) is 2. The van der Waals surface area contributed by atoms with Gasteiger partial charge in [0.2, 0.25) is 5.95 Å². The number of rotatable bonds is 8. The molecule has 0 bridgehead atoms. The lowest BCUT2D eigenvalue weighted by molar-refractivity contribution is 0.0950. The highest BCUT2D eigenvalue weighted by Crippen LogP contribution is 2.22. The van der Waals surface area contributed by atoms with Gasteiger partial charge in [0, 0.05) is 41.8 Å². The van der Waals surface area contributed by atoms with Crippen molar-refractivity contribution in [1.29, 1.82) is 0 Å². The summed E-state index contributed by atoms with van der Waals surface area (Å²) in [6, 6.07) is 15.7. The van der Waals surface area contributed by atoms with Crippen LogP contribution >= 0.6 is 0 Å². The highest BCUT2D eigenvalue weighted by Gasteiger charge is 2.20. The third kappa shape index (κ3) is 5.42. The van der Waals surface area contributed by atoms with Gasteiger partial charge in [0.1, 0.15) is 5.75 Å². The lowest BCUT2D eigenvalue weighted by atomic mass is 10.1. The zero-order valence-electron chi connectivity index (χ0n) is 18.5. The van der Waals surface area contributed by atoms with Crippen LogP contribution in [0.15, 0.2) is 60.9 Å². The summed E-state index contributed by atoms with van der Waals surface area (Å²) >= 11 is 0. The number of anilines is 2. The highest BCUT2D eigenvalue weighted by atomic mass is 16.5. The molecule has 0 spiro atoms. The standard InChI is InChI=1S/C25H29N5O2/c1-30-15-3-4-22(30)13-14-26-24(31)19-5-9-21(10-6-19)29-25-27-16-20(17-28-25)18-7-11-23(32-2)12-8-18/h5-12,16-17,22H,3-4,13-15H2,1-2H3,(H,26,31)(H,27,28,29). The van der Waals surface area contributed by atoms with Gasteiger partial charge in [-0.2, -0.15) is 0 Å². The number of carbonyl (C=O) groups is 1. The highest BCUT2D eigenvalue weighted by molar-refractivity contribution is 5.94. The average molecular weight is 432 g/mol. The van der Waals surface area contributed by atoms with Crippen molar-refractivity contribution in [2.75, 3.05) is 32.6 Å². The predicted octanol–water partition coefficient (Wildman–Crippen LogP) is 4.11. The normalized spacial score (nSPS) is 16.0. The van der Waals surface area contributed by atoms with Crippen molar-refractivity contribution in [2.24, 2.45) is 0 Å². The van der Waals surface area contributed by atoms with E-state index in [0.717, 1.165) is 35.5 Å². The van der Waals surface area contributed by atoms with Crippen LogP contribution in [0.5, 0.6) is 5.75 Å². The third-order valence-electron chi connectivity index (χ3n) is 5.91. The van der Waals surface area contributed by atoms with Crippen molar-refractivity contribution < 1.29 is 9.53 Å². The second-order valence-corrected chi connectivity index (χ2v) is 8.05. The molecule has 4 rings (SSSR count). The number of benzene rings is 2. The fourth-order valence-electron chi connectivity index (χ4n) is 3.96. The van der Waals surface area contributed by atoms with Gasteiger partial charge in [-0.25, -0.2) is 9.97 Å². The van der Waals surface area contributed by atoms with E-state index in [2.05, 4.69) is 32.5 Å². The van der Waals surface area contributed by atoms with E-state index in [1.807, 2.05) is 48.5 Å². The summed E-state index contributed by atoms with van der Waals surface area (Å²) in [7, 11) is 3.80. The smallest absolute Gasteiger partial charge is 0.251 e. The molecular formula is C25H29N5O2. The summed E-state index contributed by atoms with van der Waals surface area (Å²) in [5.74, 6) is 1.27. The quantitative estimate of drug-likeness (QED) is 0.559. The molecule has 1 aliphatic rings. The van der Waals surface area contributed by atoms with Crippen molar-refractivity contribution in [1.82, 2.24) is 20.2 Å². The van der Waals surface area contributed by atoms with Gasteiger partial charge in [-0.15, -0.1) is 0 Å². The summed E-state index contributed by atoms with van der Waals surface area (Å²) in [6.45, 7) is 1.85. The molecule has 0 saturated carbocycles. The number of carbonyl (C=O) groups excluding carboxylic acids is 1. The third-order valence-corrected chi connectivity index (χ3v) is 5.91. The van der Waals surface area contributed by atoms with E-state index in [1.165, 1.54) is 12.8 Å². The van der Waals surface area contributed by atoms with Crippen LogP contribution in [0.25, 0.3) is 11.1 Å². The second-order valence-electron chi connectivity index (χ2n) is 8.05. The van der Waals surface area contributed by atoms with E-state index in [1.54, 1.807) is 19.5 Å². The van der Waals surface area contributed by atoms with Gasteiger partial charge < -0.3 is 20.3 Å². The van der Waals surface area contributed by atoms with E-state index in [0.29, 0.717) is 24.1 Å². The molecule has 2 N–H and O–H groups in total. The molecule has 0 aliphatic carbocycles. The Bertz CT molecular complexity index is 1020. The van der Waals surface area contributed by atoms with Crippen molar-refractivity contribution in [3.63, 3.8) is 0 Å². The van der Waals surface area contributed by atoms with Crippen molar-refractivity contribution in [3.8, 4) is 16.9 Å². The van der Waals surface area contributed by atoms with Crippen LogP contribution in [0, 0.1) is 0 Å². The Morgan fingerprint density at radius 3 is 2.41 bits per heavy atom. The summed E-state index contributed by atoms with van der Waals surface area (Å²) in [5, 5.41) is 6.20. The predicted molar refractivity (Wildman–Crippen MR) is 126 cm³/mol. The van der Waals surface area contributed by atoms with Crippen molar-refractivity contribution in [3.05, 3.63) is 66.5 Å². The van der Waals surface area contributed by atoms with Gasteiger partial charge in [0.05, 0.1) is 7.11 Å². The lowest BCUT2D eigenvalue weighted by Gasteiger charge is -2.19. The summed E-state index contributed by atoms with van der Waals surface area (Å²) < 4.78 is 5.19. The van der Waals surface area contributed by atoms with E-state index >= 15 is 0 Å². The van der Waals surface area contributed by atoms with Gasteiger partial charge in [0.25, 0.3) is 5.91 Å². The topological polar surface area (TPSA) is 79.4 Å². The molecule has 1 aliphatic heterocycles. The number of ether oxygens (including phenoxy) is 1. The number of likely N-dealkylation sites (tertiary alicyclic amines) is 1. The number of amides is 1. The van der Waals surface area contributed by atoms with E-state index in [9.17, 15) is 4.79 Å². The van der Waals surface area contributed by atoms with E-state index in [-0.39, 0.29) is 5.91 Å². The minimum absolute atomic E-state index is 0.0442. The van der Waals surface area contributed by atoms with Crippen LogP contribution in [0.3, 0.4) is 0 Å². The van der Waals surface area contributed by atoms with E-state index < -0.39 is 0 Å². The molecule has 1 fully saturated rings. The van der Waals surface area contributed by atoms with Gasteiger partial charge in [-0.05, 0) is 74.8 Å². The first-order valence-electron chi connectivity index (χ1n) is 10.9. The first kappa shape index (κ1) is 21.8. The summed E-state index contributed by atoms with van der Waals surface area (Å²) in [6.07, 6.45) is 7.01. The maximum absolute atomic E-state index is 12.4. The molecule has 1 aromatic heterocycles. The Kier molecular flexibility index (Phi) is 6.97.